The zero-order valence-electron chi connectivity index (χ0n) is 29.6. The minimum atomic E-state index is 0.517. The first-order valence-corrected chi connectivity index (χ1v) is 18.7. The van der Waals surface area contributed by atoms with Crippen molar-refractivity contribution in [3.05, 3.63) is 54.0 Å². The van der Waals surface area contributed by atoms with E-state index in [9.17, 15) is 0 Å². The molecule has 2 N–H and O–H groups in total. The number of rotatable bonds is 12. The van der Waals surface area contributed by atoms with Crippen LogP contribution < -0.4 is 24.6 Å². The summed E-state index contributed by atoms with van der Waals surface area (Å²) in [7, 11) is 6.08. The molecule has 2 aromatic heterocycles. The molecule has 0 bridgehead atoms. The van der Waals surface area contributed by atoms with Gasteiger partial charge in [0, 0.05) is 93.5 Å². The number of piperidine rings is 1. The van der Waals surface area contributed by atoms with Gasteiger partial charge in [-0.15, -0.1) is 0 Å². The van der Waals surface area contributed by atoms with Crippen LogP contribution >= 0.6 is 11.9 Å². The summed E-state index contributed by atoms with van der Waals surface area (Å²) in [6.45, 7) is 11.2. The number of likely N-dealkylation sites (N-methyl/N-ethyl adjacent to an activating group) is 1. The maximum absolute atomic E-state index is 5.97. The molecule has 4 heterocycles. The fourth-order valence-electron chi connectivity index (χ4n) is 7.09. The van der Waals surface area contributed by atoms with E-state index >= 15 is 0 Å². The molecule has 3 fully saturated rings. The van der Waals surface area contributed by atoms with Gasteiger partial charge in [-0.2, -0.15) is 4.98 Å². The van der Waals surface area contributed by atoms with Gasteiger partial charge in [-0.1, -0.05) is 13.8 Å². The van der Waals surface area contributed by atoms with Crippen molar-refractivity contribution in [2.75, 3.05) is 80.3 Å². The molecule has 260 valence electrons. The Kier molecular flexibility index (Phi) is 10.2. The molecule has 2 aliphatic heterocycles. The Morgan fingerprint density at radius 3 is 2.35 bits per heavy atom. The number of ether oxygens (including phenoxy) is 1. The number of fused-ring (bicyclic) bond motifs is 1. The summed E-state index contributed by atoms with van der Waals surface area (Å²) in [6, 6.07) is 9.19. The third-order valence-corrected chi connectivity index (χ3v) is 11.4. The number of hydrogen-bond acceptors (Lipinski definition) is 12. The van der Waals surface area contributed by atoms with Gasteiger partial charge in [-0.3, -0.25) is 14.9 Å². The average Bonchev–Trinajstić information content (AvgIpc) is 3.96. The van der Waals surface area contributed by atoms with E-state index in [1.165, 1.54) is 63.1 Å². The number of anilines is 6. The second-order valence-corrected chi connectivity index (χ2v) is 14.9. The molecule has 0 unspecified atom stereocenters. The van der Waals surface area contributed by atoms with Crippen LogP contribution in [0.1, 0.15) is 50.7 Å². The van der Waals surface area contributed by atoms with E-state index in [-0.39, 0.29) is 0 Å². The van der Waals surface area contributed by atoms with Crippen molar-refractivity contribution in [3.63, 3.8) is 0 Å². The van der Waals surface area contributed by atoms with E-state index in [2.05, 4.69) is 80.8 Å². The van der Waals surface area contributed by atoms with Gasteiger partial charge in [0.25, 0.3) is 0 Å². The number of aromatic nitrogens is 4. The fraction of sp³-hybridized carbons (Fsp3) is 0.514. The van der Waals surface area contributed by atoms with Crippen molar-refractivity contribution in [2.24, 2.45) is 0 Å². The smallest absolute Gasteiger partial charge is 0.229 e. The topological polar surface area (TPSA) is 97.8 Å². The summed E-state index contributed by atoms with van der Waals surface area (Å²) in [6.07, 6.45) is 12.0. The van der Waals surface area contributed by atoms with E-state index < -0.39 is 0 Å². The molecule has 2 aromatic carbocycles. The lowest BCUT2D eigenvalue weighted by atomic mass is 9.99. The highest BCUT2D eigenvalue weighted by atomic mass is 32.2. The summed E-state index contributed by atoms with van der Waals surface area (Å²) >= 11 is 1.86. The van der Waals surface area contributed by atoms with Crippen LogP contribution in [0.5, 0.6) is 5.75 Å². The molecule has 3 aliphatic rings. The maximum Gasteiger partial charge on any atom is 0.229 e. The Hall–Kier alpha value is -3.87. The van der Waals surface area contributed by atoms with Gasteiger partial charge in [-0.25, -0.2) is 4.98 Å². The molecule has 0 radical (unpaired) electrons. The predicted octanol–water partition coefficient (Wildman–Crippen LogP) is 6.50. The number of hydrogen-bond donors (Lipinski definition) is 2. The SMILES string of the molecule is CCc1cc(Nc2ncc(CC)c(Nc3ccc4nccnc4c3N(C)SC3CC3)n2)c(OC)cc1N1CCC(N2CCN(C)CC2)CC1. The van der Waals surface area contributed by atoms with Gasteiger partial charge in [-0.05, 0) is 81.3 Å². The van der Waals surface area contributed by atoms with Gasteiger partial charge in [0.2, 0.25) is 5.95 Å². The summed E-state index contributed by atoms with van der Waals surface area (Å²) in [5.41, 5.74) is 8.15. The average molecular weight is 683 g/mol. The van der Waals surface area contributed by atoms with Crippen LogP contribution in [0.15, 0.2) is 42.9 Å². The minimum absolute atomic E-state index is 0.517. The first-order chi connectivity index (χ1) is 23.9. The quantitative estimate of drug-likeness (QED) is 0.160. The third-order valence-electron chi connectivity index (χ3n) is 10.1. The van der Waals surface area contributed by atoms with Crippen LogP contribution in [0.4, 0.5) is 34.5 Å². The highest BCUT2D eigenvalue weighted by molar-refractivity contribution is 8.01. The van der Waals surface area contributed by atoms with Crippen LogP contribution in [0.3, 0.4) is 0 Å². The predicted molar refractivity (Wildman–Crippen MR) is 203 cm³/mol. The second kappa shape index (κ2) is 14.9. The van der Waals surface area contributed by atoms with Crippen LogP contribution in [0.25, 0.3) is 11.0 Å². The molecule has 1 aliphatic carbocycles. The molecular weight excluding hydrogens is 633 g/mol. The van der Waals surface area contributed by atoms with Crippen LogP contribution in [-0.4, -0.2) is 102 Å². The Morgan fingerprint density at radius 2 is 1.63 bits per heavy atom. The van der Waals surface area contributed by atoms with Crippen LogP contribution in [-0.2, 0) is 12.8 Å². The minimum Gasteiger partial charge on any atom is -0.494 e. The number of piperazine rings is 1. The van der Waals surface area contributed by atoms with Crippen LogP contribution in [0, 0.1) is 0 Å². The van der Waals surface area contributed by atoms with Crippen LogP contribution in [0.2, 0.25) is 0 Å². The van der Waals surface area contributed by atoms with Gasteiger partial charge in [0.05, 0.1) is 29.7 Å². The van der Waals surface area contributed by atoms with E-state index in [0.29, 0.717) is 17.2 Å². The third kappa shape index (κ3) is 7.51. The van der Waals surface area contributed by atoms with E-state index in [0.717, 1.165) is 71.2 Å². The van der Waals surface area contributed by atoms with E-state index in [4.69, 9.17) is 19.7 Å². The zero-order chi connectivity index (χ0) is 33.9. The molecule has 2 saturated heterocycles. The number of nitrogens with one attached hydrogen (secondary N) is 2. The van der Waals surface area contributed by atoms with Gasteiger partial charge in [0.15, 0.2) is 0 Å². The van der Waals surface area contributed by atoms with Crippen molar-refractivity contribution in [2.45, 2.75) is 63.7 Å². The monoisotopic (exact) mass is 682 g/mol. The molecule has 12 heteroatoms. The van der Waals surface area contributed by atoms with Crippen molar-refractivity contribution >= 4 is 57.5 Å². The molecule has 11 nitrogen and oxygen atoms in total. The molecule has 4 aromatic rings. The lowest BCUT2D eigenvalue weighted by molar-refractivity contribution is 0.0982. The maximum atomic E-state index is 5.97. The highest BCUT2D eigenvalue weighted by Crippen LogP contribution is 2.43. The Bertz CT molecular complexity index is 1750. The lowest BCUT2D eigenvalue weighted by Crippen LogP contribution is -2.52. The molecule has 0 atom stereocenters. The number of benzene rings is 2. The van der Waals surface area contributed by atoms with Gasteiger partial charge < -0.3 is 29.5 Å². The largest absolute Gasteiger partial charge is 0.494 e. The molecular formula is C37H50N10OS. The molecule has 0 amide bonds. The highest BCUT2D eigenvalue weighted by Gasteiger charge is 2.29. The number of nitrogens with zero attached hydrogens (tertiary/aromatic N) is 8. The number of aryl methyl sites for hydroxylation is 2. The normalized spacial score (nSPS) is 17.8. The molecule has 49 heavy (non-hydrogen) atoms. The van der Waals surface area contributed by atoms with Crippen molar-refractivity contribution in [3.8, 4) is 5.75 Å². The summed E-state index contributed by atoms with van der Waals surface area (Å²) in [4.78, 5) is 26.7. The van der Waals surface area contributed by atoms with Gasteiger partial charge >= 0.3 is 0 Å². The lowest BCUT2D eigenvalue weighted by Gasteiger charge is -2.43. The van der Waals surface area contributed by atoms with Crippen molar-refractivity contribution < 1.29 is 4.74 Å². The first kappa shape index (κ1) is 33.6. The van der Waals surface area contributed by atoms with E-state index in [1.54, 1.807) is 19.5 Å². The van der Waals surface area contributed by atoms with Crippen molar-refractivity contribution in [1.29, 1.82) is 0 Å². The molecule has 0 spiro atoms. The summed E-state index contributed by atoms with van der Waals surface area (Å²) < 4.78 is 8.20. The van der Waals surface area contributed by atoms with E-state index in [1.807, 2.05) is 24.2 Å². The fourth-order valence-corrected chi connectivity index (χ4v) is 8.17. The summed E-state index contributed by atoms with van der Waals surface area (Å²) in [5, 5.41) is 7.81. The summed E-state index contributed by atoms with van der Waals surface area (Å²) in [5.74, 6) is 2.08. The molecule has 1 saturated carbocycles. The van der Waals surface area contributed by atoms with Gasteiger partial charge in [0.1, 0.15) is 17.1 Å². The second-order valence-electron chi connectivity index (χ2n) is 13.5. The Labute approximate surface area is 295 Å². The number of methoxy groups -OCH3 is 1. The molecule has 7 rings (SSSR count). The Balaban J connectivity index is 1.12. The van der Waals surface area contributed by atoms with Crippen molar-refractivity contribution in [1.82, 2.24) is 29.7 Å². The zero-order valence-corrected chi connectivity index (χ0v) is 30.4. The standard InChI is InChI=1S/C37H50N10OS/c1-6-25-22-31(33(48-5)23-32(25)47-16-12-27(13-17-47)46-20-18-44(3)19-21-46)42-37-40-24-26(7-2)36(43-37)41-30-11-10-29-34(39-15-14-38-29)35(30)45(4)49-28-8-9-28/h10-11,14-15,22-24,27-28H,6-9,12-13,16-21H2,1-5H3,(H2,40,41,42,43). The first-order valence-electron chi connectivity index (χ1n) is 17.9. The Morgan fingerprint density at radius 1 is 0.878 bits per heavy atom.